The Labute approximate surface area is 94.8 Å². The molecule has 1 aliphatic rings. The van der Waals surface area contributed by atoms with E-state index in [1.54, 1.807) is 6.07 Å². The third-order valence-electron chi connectivity index (χ3n) is 2.96. The molecule has 1 aromatic heterocycles. The summed E-state index contributed by atoms with van der Waals surface area (Å²) < 4.78 is 12.7. The smallest absolute Gasteiger partial charge is 0.141 e. The molecule has 0 bridgehead atoms. The molecular weight excluding hydrogens is 205 g/mol. The molecule has 1 aromatic rings. The van der Waals surface area contributed by atoms with Gasteiger partial charge in [-0.1, -0.05) is 12.5 Å². The molecule has 2 nitrogen and oxygen atoms in total. The number of aromatic nitrogens is 1. The number of nitrogens with zero attached hydrogens (tertiary/aromatic N) is 1. The Bertz CT molecular complexity index is 372. The monoisotopic (exact) mass is 221 g/mol. The van der Waals surface area contributed by atoms with Crippen LogP contribution in [0.5, 0.6) is 0 Å². The zero-order valence-electron chi connectivity index (χ0n) is 9.19. The molecule has 86 valence electrons. The minimum Gasteiger partial charge on any atom is -0.382 e. The summed E-state index contributed by atoms with van der Waals surface area (Å²) in [5.74, 6) is -0.370. The van der Waals surface area contributed by atoms with Gasteiger partial charge in [0.05, 0.1) is 11.9 Å². The van der Waals surface area contributed by atoms with Crippen molar-refractivity contribution < 1.29 is 9.50 Å². The van der Waals surface area contributed by atoms with Gasteiger partial charge in [-0.05, 0) is 43.4 Å². The molecule has 0 amide bonds. The number of hydrogen-bond donors (Lipinski definition) is 1. The third-order valence-corrected chi connectivity index (χ3v) is 2.96. The maximum absolute atomic E-state index is 12.7. The highest BCUT2D eigenvalue weighted by atomic mass is 19.1. The molecule has 3 heteroatoms. The molecule has 0 fully saturated rings. The Balaban J connectivity index is 2.14. The van der Waals surface area contributed by atoms with Crippen LogP contribution in [-0.4, -0.2) is 10.1 Å². The summed E-state index contributed by atoms with van der Waals surface area (Å²) in [6.45, 7) is 0. The van der Waals surface area contributed by atoms with Gasteiger partial charge in [0.1, 0.15) is 11.9 Å². The lowest BCUT2D eigenvalue weighted by Gasteiger charge is -2.13. The molecule has 0 spiro atoms. The van der Waals surface area contributed by atoms with E-state index in [-0.39, 0.29) is 5.82 Å². The van der Waals surface area contributed by atoms with E-state index in [4.69, 9.17) is 0 Å². The van der Waals surface area contributed by atoms with Crippen LogP contribution in [0.1, 0.15) is 43.9 Å². The van der Waals surface area contributed by atoms with Crippen molar-refractivity contribution in [1.82, 2.24) is 4.98 Å². The van der Waals surface area contributed by atoms with Crippen LogP contribution in [0.15, 0.2) is 30.0 Å². The fourth-order valence-corrected chi connectivity index (χ4v) is 2.03. The van der Waals surface area contributed by atoms with Gasteiger partial charge >= 0.3 is 0 Å². The Morgan fingerprint density at radius 3 is 2.88 bits per heavy atom. The van der Waals surface area contributed by atoms with Crippen molar-refractivity contribution in [3.05, 3.63) is 41.5 Å². The van der Waals surface area contributed by atoms with E-state index in [1.165, 1.54) is 18.9 Å². The van der Waals surface area contributed by atoms with E-state index in [9.17, 15) is 9.50 Å². The number of aliphatic hydroxyl groups excluding tert-OH is 1. The molecule has 0 aromatic carbocycles. The van der Waals surface area contributed by atoms with Gasteiger partial charge in [-0.3, -0.25) is 4.98 Å². The van der Waals surface area contributed by atoms with Crippen LogP contribution in [-0.2, 0) is 0 Å². The minimum atomic E-state index is -0.668. The highest BCUT2D eigenvalue weighted by Gasteiger charge is 2.15. The molecule has 1 N–H and O–H groups in total. The van der Waals surface area contributed by atoms with Crippen molar-refractivity contribution in [3.8, 4) is 0 Å². The van der Waals surface area contributed by atoms with E-state index in [1.807, 2.05) is 0 Å². The molecular formula is C13H16FNO. The Morgan fingerprint density at radius 1 is 1.25 bits per heavy atom. The molecule has 1 atom stereocenters. The highest BCUT2D eigenvalue weighted by Crippen LogP contribution is 2.27. The van der Waals surface area contributed by atoms with Crippen molar-refractivity contribution in [1.29, 1.82) is 0 Å². The fourth-order valence-electron chi connectivity index (χ4n) is 2.03. The molecule has 0 aliphatic heterocycles. The first kappa shape index (κ1) is 11.3. The van der Waals surface area contributed by atoms with Gasteiger partial charge in [0.15, 0.2) is 0 Å². The summed E-state index contributed by atoms with van der Waals surface area (Å²) in [6, 6.07) is 2.88. The molecule has 2 rings (SSSR count). The second kappa shape index (κ2) is 5.21. The topological polar surface area (TPSA) is 33.1 Å². The van der Waals surface area contributed by atoms with Gasteiger partial charge in [0.25, 0.3) is 0 Å². The maximum atomic E-state index is 12.7. The van der Waals surface area contributed by atoms with Gasteiger partial charge in [-0.15, -0.1) is 0 Å². The summed E-state index contributed by atoms with van der Waals surface area (Å²) in [5.41, 5.74) is 1.56. The molecule has 1 unspecified atom stereocenters. The van der Waals surface area contributed by atoms with Crippen LogP contribution >= 0.6 is 0 Å². The van der Waals surface area contributed by atoms with Gasteiger partial charge in [0, 0.05) is 0 Å². The minimum absolute atomic E-state index is 0.370. The van der Waals surface area contributed by atoms with Crippen molar-refractivity contribution in [2.45, 2.75) is 38.2 Å². The second-order valence-corrected chi connectivity index (χ2v) is 4.18. The highest BCUT2D eigenvalue weighted by molar-refractivity contribution is 5.20. The summed E-state index contributed by atoms with van der Waals surface area (Å²) in [7, 11) is 0. The Kier molecular flexibility index (Phi) is 3.67. The second-order valence-electron chi connectivity index (χ2n) is 4.18. The van der Waals surface area contributed by atoms with Crippen LogP contribution in [0.2, 0.25) is 0 Å². The lowest BCUT2D eigenvalue weighted by Crippen LogP contribution is -2.04. The van der Waals surface area contributed by atoms with Crippen LogP contribution in [0.3, 0.4) is 0 Å². The van der Waals surface area contributed by atoms with Crippen LogP contribution in [0, 0.1) is 5.82 Å². The number of aliphatic hydroxyl groups is 1. The summed E-state index contributed by atoms with van der Waals surface area (Å²) in [5, 5.41) is 10.1. The largest absolute Gasteiger partial charge is 0.382 e. The molecule has 0 saturated heterocycles. The SMILES string of the molecule is OC(C1=CCCCCC1)c1ccc(F)cn1. The Hall–Kier alpha value is -1.22. The number of hydrogen-bond acceptors (Lipinski definition) is 2. The van der Waals surface area contributed by atoms with Gasteiger partial charge < -0.3 is 5.11 Å². The lowest BCUT2D eigenvalue weighted by molar-refractivity contribution is 0.205. The first-order valence-electron chi connectivity index (χ1n) is 5.76. The first-order valence-corrected chi connectivity index (χ1v) is 5.76. The summed E-state index contributed by atoms with van der Waals surface area (Å²) in [6.07, 6.45) is 8.03. The maximum Gasteiger partial charge on any atom is 0.141 e. The first-order chi connectivity index (χ1) is 7.77. The average molecular weight is 221 g/mol. The average Bonchev–Trinajstić information content (AvgIpc) is 2.57. The summed E-state index contributed by atoms with van der Waals surface area (Å²) >= 11 is 0. The molecule has 1 aliphatic carbocycles. The standard InChI is InChI=1S/C13H16FNO/c14-11-7-8-12(15-9-11)13(16)10-5-3-1-2-4-6-10/h5,7-9,13,16H,1-4,6H2. The van der Waals surface area contributed by atoms with E-state index in [0.717, 1.165) is 31.0 Å². The fraction of sp³-hybridized carbons (Fsp3) is 0.462. The van der Waals surface area contributed by atoms with Gasteiger partial charge in [0.2, 0.25) is 0 Å². The third kappa shape index (κ3) is 2.67. The van der Waals surface area contributed by atoms with Crippen molar-refractivity contribution in [2.24, 2.45) is 0 Å². The molecule has 16 heavy (non-hydrogen) atoms. The van der Waals surface area contributed by atoms with E-state index >= 15 is 0 Å². The molecule has 1 heterocycles. The van der Waals surface area contributed by atoms with E-state index in [2.05, 4.69) is 11.1 Å². The predicted molar refractivity (Wildman–Crippen MR) is 60.3 cm³/mol. The summed E-state index contributed by atoms with van der Waals surface area (Å²) in [4.78, 5) is 3.92. The van der Waals surface area contributed by atoms with Gasteiger partial charge in [-0.25, -0.2) is 4.39 Å². The van der Waals surface area contributed by atoms with Crippen molar-refractivity contribution in [3.63, 3.8) is 0 Å². The predicted octanol–water partition coefficient (Wildman–Crippen LogP) is 3.14. The number of allylic oxidation sites excluding steroid dienone is 1. The Morgan fingerprint density at radius 2 is 2.12 bits per heavy atom. The lowest BCUT2D eigenvalue weighted by atomic mass is 10.0. The van der Waals surface area contributed by atoms with Crippen molar-refractivity contribution >= 4 is 0 Å². The van der Waals surface area contributed by atoms with Crippen molar-refractivity contribution in [2.75, 3.05) is 0 Å². The van der Waals surface area contributed by atoms with E-state index in [0.29, 0.717) is 5.69 Å². The zero-order valence-corrected chi connectivity index (χ0v) is 9.19. The number of halogens is 1. The normalized spacial score (nSPS) is 18.8. The van der Waals surface area contributed by atoms with Gasteiger partial charge in [-0.2, -0.15) is 0 Å². The molecule has 0 radical (unpaired) electrons. The van der Waals surface area contributed by atoms with Crippen LogP contribution < -0.4 is 0 Å². The number of rotatable bonds is 2. The quantitative estimate of drug-likeness (QED) is 0.778. The van der Waals surface area contributed by atoms with Crippen LogP contribution in [0.4, 0.5) is 4.39 Å². The van der Waals surface area contributed by atoms with E-state index < -0.39 is 6.10 Å². The number of pyridine rings is 1. The molecule has 0 saturated carbocycles. The zero-order chi connectivity index (χ0) is 11.4. The van der Waals surface area contributed by atoms with Crippen LogP contribution in [0.25, 0.3) is 0 Å².